The molecule has 0 aromatic rings. The topological polar surface area (TPSA) is 75.3 Å². The predicted molar refractivity (Wildman–Crippen MR) is 54.1 cm³/mol. The van der Waals surface area contributed by atoms with Crippen LogP contribution in [0, 0.1) is 0 Å². The first-order valence-corrected chi connectivity index (χ1v) is 6.82. The second-order valence-electron chi connectivity index (χ2n) is 3.91. The fourth-order valence-corrected chi connectivity index (χ4v) is 1.86. The molecule has 0 saturated carbocycles. The number of sulfone groups is 1. The summed E-state index contributed by atoms with van der Waals surface area (Å²) >= 11 is 0. The van der Waals surface area contributed by atoms with Crippen LogP contribution in [-0.2, 0) is 14.6 Å². The number of carbonyl (C=O) groups excluding carboxylic acids is 1. The molecule has 1 fully saturated rings. The summed E-state index contributed by atoms with van der Waals surface area (Å²) in [5.74, 6) is -3.64. The Kier molecular flexibility index (Phi) is 3.84. The minimum absolute atomic E-state index is 0.0541. The van der Waals surface area contributed by atoms with Crippen molar-refractivity contribution in [2.75, 3.05) is 25.1 Å². The van der Waals surface area contributed by atoms with Gasteiger partial charge in [0.25, 0.3) is 5.92 Å². The van der Waals surface area contributed by atoms with Gasteiger partial charge in [0.1, 0.15) is 9.84 Å². The quantitative estimate of drug-likeness (QED) is 0.686. The van der Waals surface area contributed by atoms with Crippen LogP contribution >= 0.6 is 0 Å². The van der Waals surface area contributed by atoms with Gasteiger partial charge in [0.2, 0.25) is 5.91 Å². The summed E-state index contributed by atoms with van der Waals surface area (Å²) in [4.78, 5) is 11.3. The number of rotatable bonds is 4. The zero-order valence-corrected chi connectivity index (χ0v) is 9.61. The Morgan fingerprint density at radius 2 is 2.19 bits per heavy atom. The number of alkyl halides is 2. The third-order valence-electron chi connectivity index (χ3n) is 2.20. The Labute approximate surface area is 92.5 Å². The van der Waals surface area contributed by atoms with Gasteiger partial charge in [-0.3, -0.25) is 10.1 Å². The van der Waals surface area contributed by atoms with Crippen LogP contribution in [0.25, 0.3) is 0 Å². The lowest BCUT2D eigenvalue weighted by atomic mass is 10.2. The summed E-state index contributed by atoms with van der Waals surface area (Å²) in [6.45, 7) is -0.571. The van der Waals surface area contributed by atoms with E-state index in [0.717, 1.165) is 6.26 Å². The van der Waals surface area contributed by atoms with Crippen molar-refractivity contribution in [3.63, 3.8) is 0 Å². The molecule has 1 amide bonds. The number of halogens is 2. The van der Waals surface area contributed by atoms with E-state index in [9.17, 15) is 22.0 Å². The molecule has 5 nitrogen and oxygen atoms in total. The normalized spacial score (nSPS) is 24.3. The Morgan fingerprint density at radius 3 is 2.62 bits per heavy atom. The molecular formula is C8H14F2N2O3S. The molecule has 1 unspecified atom stereocenters. The van der Waals surface area contributed by atoms with Crippen LogP contribution in [0.4, 0.5) is 8.78 Å². The number of nitrogens with one attached hydrogen (secondary N) is 2. The van der Waals surface area contributed by atoms with E-state index in [0.29, 0.717) is 0 Å². The lowest BCUT2D eigenvalue weighted by molar-refractivity contribution is -0.123. The average molecular weight is 256 g/mol. The van der Waals surface area contributed by atoms with Crippen LogP contribution in [0.3, 0.4) is 0 Å². The van der Waals surface area contributed by atoms with Crippen LogP contribution in [0.15, 0.2) is 0 Å². The Balaban J connectivity index is 2.32. The van der Waals surface area contributed by atoms with Crippen LogP contribution < -0.4 is 10.6 Å². The van der Waals surface area contributed by atoms with E-state index in [1.807, 2.05) is 0 Å². The van der Waals surface area contributed by atoms with E-state index >= 15 is 0 Å². The summed E-state index contributed by atoms with van der Waals surface area (Å²) in [5.41, 5.74) is 0. The van der Waals surface area contributed by atoms with Crippen molar-refractivity contribution in [3.8, 4) is 0 Å². The van der Waals surface area contributed by atoms with E-state index in [1.54, 1.807) is 0 Å². The Hall–Kier alpha value is -0.760. The maximum Gasteiger partial charge on any atom is 0.262 e. The first-order valence-electron chi connectivity index (χ1n) is 4.76. The third-order valence-corrected chi connectivity index (χ3v) is 3.14. The highest BCUT2D eigenvalue weighted by Crippen LogP contribution is 2.24. The zero-order valence-electron chi connectivity index (χ0n) is 8.79. The highest BCUT2D eigenvalue weighted by atomic mass is 32.2. The maximum atomic E-state index is 12.7. The third kappa shape index (κ3) is 4.40. The fourth-order valence-electron chi connectivity index (χ4n) is 1.38. The van der Waals surface area contributed by atoms with Gasteiger partial charge in [0.05, 0.1) is 18.3 Å². The maximum absolute atomic E-state index is 12.7. The molecule has 1 heterocycles. The minimum Gasteiger partial charge on any atom is -0.354 e. The fraction of sp³-hybridized carbons (Fsp3) is 0.875. The summed E-state index contributed by atoms with van der Waals surface area (Å²) in [7, 11) is -3.15. The van der Waals surface area contributed by atoms with Crippen molar-refractivity contribution in [2.24, 2.45) is 0 Å². The molecule has 0 aromatic carbocycles. The molecule has 16 heavy (non-hydrogen) atoms. The smallest absolute Gasteiger partial charge is 0.262 e. The first-order chi connectivity index (χ1) is 7.20. The lowest BCUT2D eigenvalue weighted by Crippen LogP contribution is -2.41. The van der Waals surface area contributed by atoms with Gasteiger partial charge in [-0.1, -0.05) is 0 Å². The highest BCUT2D eigenvalue weighted by molar-refractivity contribution is 7.90. The van der Waals surface area contributed by atoms with Gasteiger partial charge < -0.3 is 5.32 Å². The van der Waals surface area contributed by atoms with Gasteiger partial charge in [-0.25, -0.2) is 17.2 Å². The largest absolute Gasteiger partial charge is 0.354 e. The summed E-state index contributed by atoms with van der Waals surface area (Å²) < 4.78 is 47.0. The van der Waals surface area contributed by atoms with Gasteiger partial charge in [-0.05, 0) is 0 Å². The van der Waals surface area contributed by atoms with Crippen molar-refractivity contribution >= 4 is 15.7 Å². The molecule has 0 aromatic heterocycles. The summed E-state index contributed by atoms with van der Waals surface area (Å²) in [6.07, 6.45) is 0.499. The second-order valence-corrected chi connectivity index (χ2v) is 6.17. The predicted octanol–water partition coefficient (Wildman–Crippen LogP) is -0.856. The van der Waals surface area contributed by atoms with Gasteiger partial charge in [0, 0.05) is 19.2 Å². The average Bonchev–Trinajstić information content (AvgIpc) is 2.43. The molecule has 94 valence electrons. The van der Waals surface area contributed by atoms with Crippen molar-refractivity contribution in [1.29, 1.82) is 0 Å². The lowest BCUT2D eigenvalue weighted by Gasteiger charge is -2.10. The molecule has 2 N–H and O–H groups in total. The molecule has 0 aliphatic carbocycles. The Morgan fingerprint density at radius 1 is 1.56 bits per heavy atom. The molecule has 0 radical (unpaired) electrons. The molecule has 1 aliphatic heterocycles. The van der Waals surface area contributed by atoms with E-state index < -0.39 is 40.7 Å². The number of hydrogen-bond donors (Lipinski definition) is 2. The van der Waals surface area contributed by atoms with Gasteiger partial charge in [-0.2, -0.15) is 0 Å². The minimum atomic E-state index is -3.15. The SMILES string of the molecule is CS(=O)(=O)CCNC(=O)C1CC(F)(F)CN1. The van der Waals surface area contributed by atoms with Gasteiger partial charge in [-0.15, -0.1) is 0 Å². The monoisotopic (exact) mass is 256 g/mol. The summed E-state index contributed by atoms with van der Waals surface area (Å²) in [6, 6.07) is -0.936. The van der Waals surface area contributed by atoms with Gasteiger partial charge >= 0.3 is 0 Å². The standard InChI is InChI=1S/C8H14F2N2O3S/c1-16(14,15)3-2-11-7(13)6-4-8(9,10)5-12-6/h6,12H,2-5H2,1H3,(H,11,13). The van der Waals surface area contributed by atoms with E-state index in [1.165, 1.54) is 0 Å². The van der Waals surface area contributed by atoms with Crippen LogP contribution in [0.5, 0.6) is 0 Å². The first kappa shape index (κ1) is 13.3. The Bertz CT molecular complexity index is 369. The molecule has 0 spiro atoms. The van der Waals surface area contributed by atoms with E-state index in [-0.39, 0.29) is 12.3 Å². The second kappa shape index (κ2) is 4.62. The number of carbonyl (C=O) groups is 1. The number of hydrogen-bond acceptors (Lipinski definition) is 4. The molecule has 8 heteroatoms. The van der Waals surface area contributed by atoms with Crippen molar-refractivity contribution in [3.05, 3.63) is 0 Å². The molecule has 1 saturated heterocycles. The van der Waals surface area contributed by atoms with Gasteiger partial charge in [0.15, 0.2) is 0 Å². The molecule has 1 atom stereocenters. The molecular weight excluding hydrogens is 242 g/mol. The van der Waals surface area contributed by atoms with E-state index in [4.69, 9.17) is 0 Å². The van der Waals surface area contributed by atoms with Crippen molar-refractivity contribution in [1.82, 2.24) is 10.6 Å². The zero-order chi connectivity index (χ0) is 12.4. The molecule has 1 rings (SSSR count). The van der Waals surface area contributed by atoms with Crippen LogP contribution in [0.1, 0.15) is 6.42 Å². The van der Waals surface area contributed by atoms with Crippen molar-refractivity contribution in [2.45, 2.75) is 18.4 Å². The van der Waals surface area contributed by atoms with Crippen molar-refractivity contribution < 1.29 is 22.0 Å². The van der Waals surface area contributed by atoms with E-state index in [2.05, 4.69) is 10.6 Å². The molecule has 0 bridgehead atoms. The number of amides is 1. The highest BCUT2D eigenvalue weighted by Gasteiger charge is 2.42. The molecule has 1 aliphatic rings. The van der Waals surface area contributed by atoms with Crippen LogP contribution in [-0.4, -0.2) is 51.4 Å². The summed E-state index contributed by atoms with van der Waals surface area (Å²) in [5, 5.41) is 4.69. The van der Waals surface area contributed by atoms with Crippen LogP contribution in [0.2, 0.25) is 0 Å².